The molecule has 2 amide bonds. The number of carbonyl (C=O) groups is 2. The Morgan fingerprint density at radius 3 is 2.36 bits per heavy atom. The maximum absolute atomic E-state index is 12.8. The maximum atomic E-state index is 12.8. The minimum Gasteiger partial charge on any atom is -0.484 e. The van der Waals surface area contributed by atoms with Gasteiger partial charge in [0.05, 0.1) is 6.04 Å². The predicted octanol–water partition coefficient (Wildman–Crippen LogP) is 0.223. The Morgan fingerprint density at radius 2 is 1.82 bits per heavy atom. The number of hydrogen-bond acceptors (Lipinski definition) is 4. The molecule has 0 aliphatic carbocycles. The van der Waals surface area contributed by atoms with Crippen LogP contribution < -0.4 is 10.5 Å². The zero-order valence-corrected chi connectivity index (χ0v) is 12.5. The third kappa shape index (κ3) is 4.17. The van der Waals surface area contributed by atoms with E-state index < -0.39 is 0 Å². The van der Waals surface area contributed by atoms with Crippen molar-refractivity contribution in [2.75, 3.05) is 32.8 Å². The largest absolute Gasteiger partial charge is 0.484 e. The first-order valence-corrected chi connectivity index (χ1v) is 7.17. The van der Waals surface area contributed by atoms with E-state index in [1.165, 1.54) is 24.3 Å². The van der Waals surface area contributed by atoms with Crippen molar-refractivity contribution in [3.8, 4) is 5.75 Å². The van der Waals surface area contributed by atoms with Crippen LogP contribution in [0.4, 0.5) is 4.39 Å². The summed E-state index contributed by atoms with van der Waals surface area (Å²) in [6, 6.07) is 5.20. The van der Waals surface area contributed by atoms with Crippen LogP contribution in [0, 0.1) is 5.82 Å². The van der Waals surface area contributed by atoms with E-state index >= 15 is 0 Å². The molecule has 6 nitrogen and oxygen atoms in total. The van der Waals surface area contributed by atoms with Gasteiger partial charge in [0.1, 0.15) is 11.6 Å². The minimum atomic E-state index is -0.362. The van der Waals surface area contributed by atoms with Gasteiger partial charge in [0, 0.05) is 26.2 Å². The van der Waals surface area contributed by atoms with E-state index in [1.54, 1.807) is 11.8 Å². The van der Waals surface area contributed by atoms with Crippen LogP contribution in [0.3, 0.4) is 0 Å². The Morgan fingerprint density at radius 1 is 1.23 bits per heavy atom. The van der Waals surface area contributed by atoms with Gasteiger partial charge in [0.15, 0.2) is 6.61 Å². The molecule has 120 valence electrons. The van der Waals surface area contributed by atoms with E-state index in [4.69, 9.17) is 10.5 Å². The summed E-state index contributed by atoms with van der Waals surface area (Å²) in [6.45, 7) is 3.94. The zero-order valence-electron chi connectivity index (χ0n) is 12.5. The predicted molar refractivity (Wildman–Crippen MR) is 78.7 cm³/mol. The first kappa shape index (κ1) is 16.2. The first-order chi connectivity index (χ1) is 10.5. The van der Waals surface area contributed by atoms with Crippen molar-refractivity contribution in [1.82, 2.24) is 9.80 Å². The van der Waals surface area contributed by atoms with E-state index in [1.807, 2.05) is 4.90 Å². The van der Waals surface area contributed by atoms with Gasteiger partial charge in [0.25, 0.3) is 5.91 Å². The smallest absolute Gasteiger partial charge is 0.260 e. The summed E-state index contributed by atoms with van der Waals surface area (Å²) < 4.78 is 18.1. The molecule has 1 atom stereocenters. The molecule has 0 saturated carbocycles. The standard InChI is InChI=1S/C15H20FN3O3/c1-11(15(17)21)18-6-8-19(9-7-18)14(20)10-22-13-4-2-12(16)3-5-13/h2-5,11H,6-10H2,1H3,(H2,17,21). The van der Waals surface area contributed by atoms with E-state index in [2.05, 4.69) is 0 Å². The lowest BCUT2D eigenvalue weighted by atomic mass is 10.2. The fraction of sp³-hybridized carbons (Fsp3) is 0.467. The van der Waals surface area contributed by atoms with Crippen LogP contribution >= 0.6 is 0 Å². The van der Waals surface area contributed by atoms with Crippen molar-refractivity contribution in [1.29, 1.82) is 0 Å². The number of halogens is 1. The number of primary amides is 1. The van der Waals surface area contributed by atoms with Gasteiger partial charge < -0.3 is 15.4 Å². The first-order valence-electron chi connectivity index (χ1n) is 7.17. The number of rotatable bonds is 5. The Labute approximate surface area is 128 Å². The van der Waals surface area contributed by atoms with Crippen LogP contribution in [0.15, 0.2) is 24.3 Å². The quantitative estimate of drug-likeness (QED) is 0.844. The highest BCUT2D eigenvalue weighted by molar-refractivity contribution is 5.80. The second-order valence-electron chi connectivity index (χ2n) is 5.24. The van der Waals surface area contributed by atoms with Crippen molar-refractivity contribution in [2.45, 2.75) is 13.0 Å². The summed E-state index contributed by atoms with van der Waals surface area (Å²) in [5.41, 5.74) is 5.28. The van der Waals surface area contributed by atoms with Crippen molar-refractivity contribution in [3.05, 3.63) is 30.1 Å². The molecule has 1 aliphatic heterocycles. The van der Waals surface area contributed by atoms with Gasteiger partial charge in [-0.15, -0.1) is 0 Å². The monoisotopic (exact) mass is 309 g/mol. The number of nitrogens with zero attached hydrogens (tertiary/aromatic N) is 2. The molecule has 1 saturated heterocycles. The number of benzene rings is 1. The van der Waals surface area contributed by atoms with Gasteiger partial charge >= 0.3 is 0 Å². The van der Waals surface area contributed by atoms with E-state index in [-0.39, 0.29) is 30.3 Å². The normalized spacial score (nSPS) is 17.1. The van der Waals surface area contributed by atoms with E-state index in [0.29, 0.717) is 31.9 Å². The Balaban J connectivity index is 1.77. The van der Waals surface area contributed by atoms with E-state index in [0.717, 1.165) is 0 Å². The van der Waals surface area contributed by atoms with Crippen LogP contribution in [0.25, 0.3) is 0 Å². The molecule has 0 spiro atoms. The molecule has 1 aromatic rings. The second kappa shape index (κ2) is 7.22. The molecule has 1 aliphatic rings. The van der Waals surface area contributed by atoms with Crippen LogP contribution in [0.5, 0.6) is 5.75 Å². The maximum Gasteiger partial charge on any atom is 0.260 e. The highest BCUT2D eigenvalue weighted by Gasteiger charge is 2.26. The van der Waals surface area contributed by atoms with Crippen molar-refractivity contribution < 1.29 is 18.7 Å². The molecule has 1 aromatic carbocycles. The number of nitrogens with two attached hydrogens (primary N) is 1. The molecule has 2 rings (SSSR count). The van der Waals surface area contributed by atoms with Crippen LogP contribution in [0.2, 0.25) is 0 Å². The van der Waals surface area contributed by atoms with E-state index in [9.17, 15) is 14.0 Å². The average molecular weight is 309 g/mol. The lowest BCUT2D eigenvalue weighted by Gasteiger charge is -2.36. The summed E-state index contributed by atoms with van der Waals surface area (Å²) in [4.78, 5) is 26.9. The molecular weight excluding hydrogens is 289 g/mol. The zero-order chi connectivity index (χ0) is 16.1. The Bertz CT molecular complexity index is 527. The third-order valence-electron chi connectivity index (χ3n) is 3.80. The minimum absolute atomic E-state index is 0.0863. The van der Waals surface area contributed by atoms with Crippen LogP contribution in [-0.4, -0.2) is 60.4 Å². The lowest BCUT2D eigenvalue weighted by molar-refractivity contribution is -0.135. The van der Waals surface area contributed by atoms with Gasteiger partial charge in [-0.25, -0.2) is 4.39 Å². The molecule has 0 bridgehead atoms. The number of piperazine rings is 1. The number of carbonyl (C=O) groups excluding carboxylic acids is 2. The van der Waals surface area contributed by atoms with Crippen LogP contribution in [-0.2, 0) is 9.59 Å². The molecular formula is C15H20FN3O3. The van der Waals surface area contributed by atoms with Gasteiger partial charge in [0.2, 0.25) is 5.91 Å². The van der Waals surface area contributed by atoms with Crippen molar-refractivity contribution in [3.63, 3.8) is 0 Å². The summed E-state index contributed by atoms with van der Waals surface area (Å²) in [7, 11) is 0. The van der Waals surface area contributed by atoms with Gasteiger partial charge in [-0.2, -0.15) is 0 Å². The lowest BCUT2D eigenvalue weighted by Crippen LogP contribution is -2.54. The highest BCUT2D eigenvalue weighted by atomic mass is 19.1. The van der Waals surface area contributed by atoms with Gasteiger partial charge in [-0.05, 0) is 31.2 Å². The van der Waals surface area contributed by atoms with Crippen LogP contribution in [0.1, 0.15) is 6.92 Å². The molecule has 7 heteroatoms. The molecule has 2 N–H and O–H groups in total. The van der Waals surface area contributed by atoms with Gasteiger partial charge in [-0.3, -0.25) is 14.5 Å². The highest BCUT2D eigenvalue weighted by Crippen LogP contribution is 2.12. The number of hydrogen-bond donors (Lipinski definition) is 1. The van der Waals surface area contributed by atoms with Gasteiger partial charge in [-0.1, -0.05) is 0 Å². The summed E-state index contributed by atoms with van der Waals surface area (Å²) in [5, 5.41) is 0. The SMILES string of the molecule is CC(C(N)=O)N1CCN(C(=O)COc2ccc(F)cc2)CC1. The molecule has 0 radical (unpaired) electrons. The Kier molecular flexibility index (Phi) is 5.32. The topological polar surface area (TPSA) is 75.9 Å². The summed E-state index contributed by atoms with van der Waals surface area (Å²) >= 11 is 0. The number of amides is 2. The molecule has 22 heavy (non-hydrogen) atoms. The molecule has 1 heterocycles. The summed E-state index contributed by atoms with van der Waals surface area (Å²) in [5.74, 6) is -0.385. The fourth-order valence-electron chi connectivity index (χ4n) is 2.31. The fourth-order valence-corrected chi connectivity index (χ4v) is 2.31. The molecule has 1 fully saturated rings. The van der Waals surface area contributed by atoms with Crippen molar-refractivity contribution in [2.24, 2.45) is 5.73 Å². The second-order valence-corrected chi connectivity index (χ2v) is 5.24. The molecule has 1 unspecified atom stereocenters. The molecule has 0 aromatic heterocycles. The summed E-state index contributed by atoms with van der Waals surface area (Å²) in [6.07, 6.45) is 0. The average Bonchev–Trinajstić information content (AvgIpc) is 2.53. The van der Waals surface area contributed by atoms with Crippen molar-refractivity contribution >= 4 is 11.8 Å². The third-order valence-corrected chi connectivity index (χ3v) is 3.80. The Hall–Kier alpha value is -2.15. The number of ether oxygens (including phenoxy) is 1.